The molecule has 192 valence electrons. The molecule has 0 aliphatic heterocycles. The third-order valence-electron chi connectivity index (χ3n) is 6.17. The molecule has 0 saturated heterocycles. The van der Waals surface area contributed by atoms with Crippen LogP contribution >= 0.6 is 11.8 Å². The van der Waals surface area contributed by atoms with Crippen molar-refractivity contribution in [2.45, 2.75) is 31.0 Å². The number of nitrogens with zero attached hydrogens (tertiary/aromatic N) is 2. The first kappa shape index (κ1) is 26.8. The van der Waals surface area contributed by atoms with Gasteiger partial charge in [0.05, 0.1) is 30.7 Å². The van der Waals surface area contributed by atoms with Crippen LogP contribution in [0.5, 0.6) is 11.5 Å². The van der Waals surface area contributed by atoms with Gasteiger partial charge in [-0.15, -0.1) is 0 Å². The minimum absolute atomic E-state index is 0.167. The van der Waals surface area contributed by atoms with E-state index in [0.717, 1.165) is 22.4 Å². The Hall–Kier alpha value is -4.28. The first-order valence-electron chi connectivity index (χ1n) is 12.1. The largest absolute Gasteiger partial charge is 0.497 e. The Morgan fingerprint density at radius 2 is 1.74 bits per heavy atom. The fourth-order valence-corrected chi connectivity index (χ4v) is 4.96. The zero-order chi connectivity index (χ0) is 27.2. The summed E-state index contributed by atoms with van der Waals surface area (Å²) in [6.45, 7) is 5.76. The maximum Gasteiger partial charge on any atom is 0.237 e. The maximum absolute atomic E-state index is 13.2. The van der Waals surface area contributed by atoms with E-state index in [2.05, 4.69) is 11.4 Å². The van der Waals surface area contributed by atoms with Crippen LogP contribution in [0.15, 0.2) is 77.8 Å². The topological polar surface area (TPSA) is 84.2 Å². The Labute approximate surface area is 227 Å². The molecule has 1 amide bonds. The SMILES string of the molecule is COc1ccc(OC)c(-c2cc(-c3ccccc3)nc(SC(C)C(=O)Nc3cc(C)ccc3C)c2C#N)c1. The van der Waals surface area contributed by atoms with Crippen molar-refractivity contribution in [1.29, 1.82) is 5.26 Å². The predicted molar refractivity (Wildman–Crippen MR) is 153 cm³/mol. The van der Waals surface area contributed by atoms with Gasteiger partial charge in [-0.3, -0.25) is 4.79 Å². The van der Waals surface area contributed by atoms with E-state index in [1.807, 2.05) is 93.6 Å². The number of amides is 1. The molecule has 0 saturated carbocycles. The average molecular weight is 524 g/mol. The Balaban J connectivity index is 1.80. The lowest BCUT2D eigenvalue weighted by atomic mass is 9.98. The summed E-state index contributed by atoms with van der Waals surface area (Å²) in [5.41, 5.74) is 6.13. The standard InChI is InChI=1S/C31H29N3O3S/c1-19-11-12-20(2)27(15-19)33-30(35)21(3)38-31-26(18-32)24(17-28(34-31)22-9-7-6-8-10-22)25-16-23(36-4)13-14-29(25)37-5/h6-17,21H,1-5H3,(H,33,35). The number of hydrogen-bond acceptors (Lipinski definition) is 6. The third kappa shape index (κ3) is 5.82. The number of carbonyl (C=O) groups excluding carboxylic acids is 1. The summed E-state index contributed by atoms with van der Waals surface area (Å²) in [6, 6.07) is 25.4. The number of nitriles is 1. The summed E-state index contributed by atoms with van der Waals surface area (Å²) in [7, 11) is 3.18. The lowest BCUT2D eigenvalue weighted by molar-refractivity contribution is -0.115. The molecule has 7 heteroatoms. The molecule has 0 fully saturated rings. The molecule has 1 aromatic heterocycles. The number of methoxy groups -OCH3 is 2. The number of nitrogens with one attached hydrogen (secondary N) is 1. The molecule has 1 atom stereocenters. The Kier molecular flexibility index (Phi) is 8.35. The maximum atomic E-state index is 13.2. The van der Waals surface area contributed by atoms with Crippen molar-refractivity contribution >= 4 is 23.4 Å². The molecule has 0 aliphatic carbocycles. The quantitative estimate of drug-likeness (QED) is 0.249. The van der Waals surface area contributed by atoms with Gasteiger partial charge in [0.1, 0.15) is 22.6 Å². The lowest BCUT2D eigenvalue weighted by Crippen LogP contribution is -2.23. The molecule has 0 radical (unpaired) electrons. The van der Waals surface area contributed by atoms with Crippen molar-refractivity contribution in [1.82, 2.24) is 4.98 Å². The van der Waals surface area contributed by atoms with Crippen molar-refractivity contribution in [3.63, 3.8) is 0 Å². The molecule has 4 aromatic rings. The number of hydrogen-bond donors (Lipinski definition) is 1. The molecule has 0 aliphatic rings. The van der Waals surface area contributed by atoms with E-state index in [9.17, 15) is 10.1 Å². The van der Waals surface area contributed by atoms with Gasteiger partial charge in [0.15, 0.2) is 0 Å². The fourth-order valence-electron chi connectivity index (χ4n) is 4.03. The van der Waals surface area contributed by atoms with E-state index in [4.69, 9.17) is 14.5 Å². The molecule has 1 unspecified atom stereocenters. The average Bonchev–Trinajstić information content (AvgIpc) is 2.94. The number of benzene rings is 3. The second-order valence-corrected chi connectivity index (χ2v) is 10.2. The van der Waals surface area contributed by atoms with E-state index in [0.29, 0.717) is 38.9 Å². The summed E-state index contributed by atoms with van der Waals surface area (Å²) < 4.78 is 11.1. The van der Waals surface area contributed by atoms with Crippen LogP contribution in [0, 0.1) is 25.2 Å². The smallest absolute Gasteiger partial charge is 0.237 e. The van der Waals surface area contributed by atoms with Gasteiger partial charge in [-0.05, 0) is 62.2 Å². The van der Waals surface area contributed by atoms with Gasteiger partial charge in [0.25, 0.3) is 0 Å². The van der Waals surface area contributed by atoms with Crippen LogP contribution in [0.4, 0.5) is 5.69 Å². The molecular weight excluding hydrogens is 494 g/mol. The number of carbonyl (C=O) groups is 1. The van der Waals surface area contributed by atoms with Gasteiger partial charge in [0, 0.05) is 22.4 Å². The van der Waals surface area contributed by atoms with Crippen LogP contribution < -0.4 is 14.8 Å². The summed E-state index contributed by atoms with van der Waals surface area (Å²) in [5, 5.41) is 13.3. The van der Waals surface area contributed by atoms with Crippen molar-refractivity contribution in [2.75, 3.05) is 19.5 Å². The minimum Gasteiger partial charge on any atom is -0.497 e. The summed E-state index contributed by atoms with van der Waals surface area (Å²) in [4.78, 5) is 18.0. The third-order valence-corrected chi connectivity index (χ3v) is 7.26. The van der Waals surface area contributed by atoms with E-state index in [1.54, 1.807) is 14.2 Å². The van der Waals surface area contributed by atoms with Gasteiger partial charge < -0.3 is 14.8 Å². The lowest BCUT2D eigenvalue weighted by Gasteiger charge is -2.18. The molecule has 0 bridgehead atoms. The summed E-state index contributed by atoms with van der Waals surface area (Å²) >= 11 is 1.26. The number of rotatable bonds is 8. The van der Waals surface area contributed by atoms with Gasteiger partial charge >= 0.3 is 0 Å². The number of aryl methyl sites for hydroxylation is 2. The van der Waals surface area contributed by atoms with E-state index >= 15 is 0 Å². The summed E-state index contributed by atoms with van der Waals surface area (Å²) in [6.07, 6.45) is 0. The molecule has 3 aromatic carbocycles. The first-order chi connectivity index (χ1) is 18.3. The predicted octanol–water partition coefficient (Wildman–Crippen LogP) is 7.04. The highest BCUT2D eigenvalue weighted by Crippen LogP contribution is 2.40. The molecule has 38 heavy (non-hydrogen) atoms. The Bertz CT molecular complexity index is 1510. The highest BCUT2D eigenvalue weighted by atomic mass is 32.2. The van der Waals surface area contributed by atoms with Crippen molar-refractivity contribution in [2.24, 2.45) is 0 Å². The minimum atomic E-state index is -0.513. The normalized spacial score (nSPS) is 11.4. The Morgan fingerprint density at radius 3 is 2.42 bits per heavy atom. The molecule has 4 rings (SSSR count). The van der Waals surface area contributed by atoms with Gasteiger partial charge in [-0.2, -0.15) is 5.26 Å². The van der Waals surface area contributed by atoms with E-state index < -0.39 is 5.25 Å². The van der Waals surface area contributed by atoms with Crippen LogP contribution in [0.1, 0.15) is 23.6 Å². The van der Waals surface area contributed by atoms with Crippen LogP contribution in [0.25, 0.3) is 22.4 Å². The zero-order valence-corrected chi connectivity index (χ0v) is 22.8. The molecular formula is C31H29N3O3S. The molecule has 6 nitrogen and oxygen atoms in total. The molecule has 0 spiro atoms. The number of anilines is 1. The number of ether oxygens (including phenoxy) is 2. The van der Waals surface area contributed by atoms with Gasteiger partial charge in [-0.25, -0.2) is 4.98 Å². The second kappa shape index (κ2) is 11.8. The van der Waals surface area contributed by atoms with Crippen molar-refractivity contribution in [3.8, 4) is 40.0 Å². The van der Waals surface area contributed by atoms with Crippen molar-refractivity contribution in [3.05, 3.63) is 89.5 Å². The molecule has 1 heterocycles. The number of aromatic nitrogens is 1. The van der Waals surface area contributed by atoms with E-state index in [1.165, 1.54) is 11.8 Å². The summed E-state index contributed by atoms with van der Waals surface area (Å²) in [5.74, 6) is 1.07. The first-order valence-corrected chi connectivity index (χ1v) is 13.0. The van der Waals surface area contributed by atoms with Crippen LogP contribution in [0.2, 0.25) is 0 Å². The van der Waals surface area contributed by atoms with Gasteiger partial charge in [0.2, 0.25) is 5.91 Å². The number of pyridine rings is 1. The van der Waals surface area contributed by atoms with Gasteiger partial charge in [-0.1, -0.05) is 54.2 Å². The van der Waals surface area contributed by atoms with Crippen LogP contribution in [-0.2, 0) is 4.79 Å². The zero-order valence-electron chi connectivity index (χ0n) is 22.0. The second-order valence-electron chi connectivity index (χ2n) is 8.85. The van der Waals surface area contributed by atoms with Crippen molar-refractivity contribution < 1.29 is 14.3 Å². The van der Waals surface area contributed by atoms with Crippen LogP contribution in [-0.4, -0.2) is 30.4 Å². The van der Waals surface area contributed by atoms with E-state index in [-0.39, 0.29) is 5.91 Å². The molecule has 1 N–H and O–H groups in total. The highest BCUT2D eigenvalue weighted by molar-refractivity contribution is 8.00. The fraction of sp³-hybridized carbons (Fsp3) is 0.194. The van der Waals surface area contributed by atoms with Crippen LogP contribution in [0.3, 0.4) is 0 Å². The Morgan fingerprint density at radius 1 is 0.974 bits per heavy atom. The highest BCUT2D eigenvalue weighted by Gasteiger charge is 2.23. The monoisotopic (exact) mass is 523 g/mol. The number of thioether (sulfide) groups is 1.